The maximum atomic E-state index is 12.8. The van der Waals surface area contributed by atoms with Crippen LogP contribution in [0.3, 0.4) is 0 Å². The van der Waals surface area contributed by atoms with E-state index in [1.807, 2.05) is 6.07 Å². The highest BCUT2D eigenvalue weighted by molar-refractivity contribution is 5.53. The van der Waals surface area contributed by atoms with Crippen molar-refractivity contribution in [3.8, 4) is 0 Å². The molecule has 1 aromatic rings. The first-order chi connectivity index (χ1) is 6.29. The van der Waals surface area contributed by atoms with Gasteiger partial charge in [-0.05, 0) is 30.0 Å². The van der Waals surface area contributed by atoms with Crippen LogP contribution < -0.4 is 5.32 Å². The summed E-state index contributed by atoms with van der Waals surface area (Å²) in [5, 5.41) is 3.26. The molecule has 1 aromatic carbocycles. The van der Waals surface area contributed by atoms with Crippen LogP contribution in [0.15, 0.2) is 18.2 Å². The van der Waals surface area contributed by atoms with Crippen molar-refractivity contribution in [1.82, 2.24) is 0 Å². The highest BCUT2D eigenvalue weighted by Gasteiger charge is 2.16. The molecule has 1 N–H and O–H groups in total. The predicted octanol–water partition coefficient (Wildman–Crippen LogP) is 2.82. The van der Waals surface area contributed by atoms with E-state index < -0.39 is 0 Å². The summed E-state index contributed by atoms with van der Waals surface area (Å²) in [6.07, 6.45) is 2.27. The molecule has 0 bridgehead atoms. The summed E-state index contributed by atoms with van der Waals surface area (Å²) in [6.45, 7) is 3.17. The Hall–Kier alpha value is -1.05. The summed E-state index contributed by atoms with van der Waals surface area (Å²) < 4.78 is 12.8. The fourth-order valence-corrected chi connectivity index (χ4v) is 1.82. The molecule has 0 saturated carbocycles. The van der Waals surface area contributed by atoms with Crippen molar-refractivity contribution in [2.24, 2.45) is 5.92 Å². The smallest absolute Gasteiger partial charge is 0.125 e. The minimum absolute atomic E-state index is 0.152. The number of rotatable bonds is 1. The third kappa shape index (κ3) is 1.67. The summed E-state index contributed by atoms with van der Waals surface area (Å²) in [4.78, 5) is 0. The first-order valence-electron chi connectivity index (χ1n) is 4.82. The zero-order chi connectivity index (χ0) is 9.26. The Balaban J connectivity index is 2.26. The molecule has 0 fully saturated rings. The van der Waals surface area contributed by atoms with Gasteiger partial charge in [-0.15, -0.1) is 0 Å². The van der Waals surface area contributed by atoms with Gasteiger partial charge in [0.25, 0.3) is 0 Å². The van der Waals surface area contributed by atoms with E-state index in [0.717, 1.165) is 18.7 Å². The molecule has 1 aliphatic rings. The van der Waals surface area contributed by atoms with Gasteiger partial charge in [0.1, 0.15) is 5.82 Å². The Kier molecular flexibility index (Phi) is 2.21. The maximum absolute atomic E-state index is 12.8. The van der Waals surface area contributed by atoms with E-state index in [0.29, 0.717) is 5.92 Å². The lowest BCUT2D eigenvalue weighted by Crippen LogP contribution is -2.22. The Morgan fingerprint density at radius 2 is 2.38 bits per heavy atom. The molecule has 1 aliphatic heterocycles. The van der Waals surface area contributed by atoms with E-state index >= 15 is 0 Å². The molecule has 2 heteroatoms. The lowest BCUT2D eigenvalue weighted by molar-refractivity contribution is 0.519. The Morgan fingerprint density at radius 3 is 3.15 bits per heavy atom. The monoisotopic (exact) mass is 179 g/mol. The zero-order valence-corrected chi connectivity index (χ0v) is 7.81. The largest absolute Gasteiger partial charge is 0.384 e. The third-order valence-corrected chi connectivity index (χ3v) is 2.74. The number of hydrogen-bond acceptors (Lipinski definition) is 1. The van der Waals surface area contributed by atoms with Crippen LogP contribution in [0, 0.1) is 11.7 Å². The standard InChI is InChI=1S/C11H14FN/c1-2-8-5-9-3-4-10(12)6-11(9)13-7-8/h3-4,6,8,13H,2,5,7H2,1H3. The van der Waals surface area contributed by atoms with Gasteiger partial charge in [-0.2, -0.15) is 0 Å². The normalized spacial score (nSPS) is 20.6. The quantitative estimate of drug-likeness (QED) is 0.699. The van der Waals surface area contributed by atoms with E-state index in [1.54, 1.807) is 12.1 Å². The summed E-state index contributed by atoms with van der Waals surface area (Å²) in [6, 6.07) is 5.01. The molecule has 0 aromatic heterocycles. The van der Waals surface area contributed by atoms with Crippen molar-refractivity contribution < 1.29 is 4.39 Å². The van der Waals surface area contributed by atoms with E-state index in [9.17, 15) is 4.39 Å². The van der Waals surface area contributed by atoms with Gasteiger partial charge < -0.3 is 5.32 Å². The van der Waals surface area contributed by atoms with E-state index in [4.69, 9.17) is 0 Å². The van der Waals surface area contributed by atoms with Crippen LogP contribution >= 0.6 is 0 Å². The molecule has 1 heterocycles. The molecule has 0 spiro atoms. The van der Waals surface area contributed by atoms with Gasteiger partial charge >= 0.3 is 0 Å². The van der Waals surface area contributed by atoms with Crippen LogP contribution in [0.1, 0.15) is 18.9 Å². The Labute approximate surface area is 78.0 Å². The van der Waals surface area contributed by atoms with Crippen molar-refractivity contribution in [1.29, 1.82) is 0 Å². The van der Waals surface area contributed by atoms with Gasteiger partial charge in [-0.25, -0.2) is 4.39 Å². The minimum atomic E-state index is -0.152. The molecule has 1 atom stereocenters. The number of nitrogens with one attached hydrogen (secondary N) is 1. The molecule has 1 nitrogen and oxygen atoms in total. The van der Waals surface area contributed by atoms with Crippen molar-refractivity contribution in [3.63, 3.8) is 0 Å². The van der Waals surface area contributed by atoms with Gasteiger partial charge in [-0.1, -0.05) is 19.4 Å². The van der Waals surface area contributed by atoms with Crippen LogP contribution in [-0.4, -0.2) is 6.54 Å². The molecule has 0 saturated heterocycles. The highest BCUT2D eigenvalue weighted by atomic mass is 19.1. The number of anilines is 1. The van der Waals surface area contributed by atoms with Crippen LogP contribution in [0.4, 0.5) is 10.1 Å². The van der Waals surface area contributed by atoms with Gasteiger partial charge in [0.15, 0.2) is 0 Å². The second-order valence-electron chi connectivity index (χ2n) is 3.66. The van der Waals surface area contributed by atoms with E-state index in [2.05, 4.69) is 12.2 Å². The van der Waals surface area contributed by atoms with Crippen LogP contribution in [0.5, 0.6) is 0 Å². The predicted molar refractivity (Wildman–Crippen MR) is 52.4 cm³/mol. The summed E-state index contributed by atoms with van der Waals surface area (Å²) in [5.74, 6) is 0.555. The molecular weight excluding hydrogens is 165 g/mol. The van der Waals surface area contributed by atoms with Gasteiger partial charge in [0.2, 0.25) is 0 Å². The van der Waals surface area contributed by atoms with Crippen molar-refractivity contribution >= 4 is 5.69 Å². The molecule has 13 heavy (non-hydrogen) atoms. The molecule has 2 rings (SSSR count). The van der Waals surface area contributed by atoms with Crippen LogP contribution in [-0.2, 0) is 6.42 Å². The van der Waals surface area contributed by atoms with Crippen LogP contribution in [0.2, 0.25) is 0 Å². The molecule has 0 amide bonds. The van der Waals surface area contributed by atoms with Crippen molar-refractivity contribution in [3.05, 3.63) is 29.6 Å². The van der Waals surface area contributed by atoms with E-state index in [-0.39, 0.29) is 5.82 Å². The van der Waals surface area contributed by atoms with Crippen molar-refractivity contribution in [2.75, 3.05) is 11.9 Å². The highest BCUT2D eigenvalue weighted by Crippen LogP contribution is 2.26. The van der Waals surface area contributed by atoms with Gasteiger partial charge in [-0.3, -0.25) is 0 Å². The van der Waals surface area contributed by atoms with E-state index in [1.165, 1.54) is 12.0 Å². The van der Waals surface area contributed by atoms with Crippen LogP contribution in [0.25, 0.3) is 0 Å². The fourth-order valence-electron chi connectivity index (χ4n) is 1.82. The minimum Gasteiger partial charge on any atom is -0.384 e. The lowest BCUT2D eigenvalue weighted by Gasteiger charge is -2.25. The number of hydrogen-bond donors (Lipinski definition) is 1. The fraction of sp³-hybridized carbons (Fsp3) is 0.455. The molecule has 70 valence electrons. The second kappa shape index (κ2) is 3.36. The topological polar surface area (TPSA) is 12.0 Å². The maximum Gasteiger partial charge on any atom is 0.125 e. The Morgan fingerprint density at radius 1 is 1.54 bits per heavy atom. The molecule has 0 aliphatic carbocycles. The number of fused-ring (bicyclic) bond motifs is 1. The lowest BCUT2D eigenvalue weighted by atomic mass is 9.92. The molecule has 0 radical (unpaired) electrons. The average molecular weight is 179 g/mol. The second-order valence-corrected chi connectivity index (χ2v) is 3.66. The Bertz CT molecular complexity index is 309. The summed E-state index contributed by atoms with van der Waals surface area (Å²) in [5.41, 5.74) is 2.23. The number of halogens is 1. The van der Waals surface area contributed by atoms with Gasteiger partial charge in [0.05, 0.1) is 0 Å². The number of benzene rings is 1. The molecular formula is C11H14FN. The summed E-state index contributed by atoms with van der Waals surface area (Å²) >= 11 is 0. The first kappa shape index (κ1) is 8.54. The average Bonchev–Trinajstić information content (AvgIpc) is 2.17. The SMILES string of the molecule is CCC1CNc2cc(F)ccc2C1. The first-order valence-corrected chi connectivity index (χ1v) is 4.82. The van der Waals surface area contributed by atoms with Gasteiger partial charge in [0, 0.05) is 12.2 Å². The summed E-state index contributed by atoms with van der Waals surface area (Å²) in [7, 11) is 0. The third-order valence-electron chi connectivity index (χ3n) is 2.74. The van der Waals surface area contributed by atoms with Crippen molar-refractivity contribution in [2.45, 2.75) is 19.8 Å². The zero-order valence-electron chi connectivity index (χ0n) is 7.81. The molecule has 1 unspecified atom stereocenters.